The number of carbonyl (C=O) groups is 1. The molecule has 5 nitrogen and oxygen atoms in total. The number of imidazole rings is 1. The van der Waals surface area contributed by atoms with Crippen LogP contribution in [-0.2, 0) is 4.79 Å². The number of nitrogens with one attached hydrogen (secondary N) is 3. The van der Waals surface area contributed by atoms with E-state index in [4.69, 9.17) is 0 Å². The summed E-state index contributed by atoms with van der Waals surface area (Å²) >= 11 is 1.59. The van der Waals surface area contributed by atoms with E-state index >= 15 is 0 Å². The summed E-state index contributed by atoms with van der Waals surface area (Å²) in [4.78, 5) is 29.4. The Hall–Kier alpha value is -2.60. The third-order valence-corrected chi connectivity index (χ3v) is 4.06. The highest BCUT2D eigenvalue weighted by molar-refractivity contribution is 7.11. The molecule has 0 saturated carbocycles. The Morgan fingerprint density at radius 2 is 2.05 bits per heavy atom. The van der Waals surface area contributed by atoms with Gasteiger partial charge in [-0.2, -0.15) is 0 Å². The van der Waals surface area contributed by atoms with Crippen LogP contribution in [0.25, 0.3) is 17.1 Å². The monoisotopic (exact) mass is 299 g/mol. The third kappa shape index (κ3) is 2.95. The van der Waals surface area contributed by atoms with Crippen molar-refractivity contribution >= 4 is 40.0 Å². The van der Waals surface area contributed by atoms with Gasteiger partial charge in [0.05, 0.1) is 11.0 Å². The summed E-state index contributed by atoms with van der Waals surface area (Å²) in [5, 5.41) is 4.76. The number of aromatic nitrogens is 2. The number of benzene rings is 1. The molecule has 1 amide bonds. The summed E-state index contributed by atoms with van der Waals surface area (Å²) in [7, 11) is 0. The van der Waals surface area contributed by atoms with Gasteiger partial charge in [0.25, 0.3) is 0 Å². The van der Waals surface area contributed by atoms with Crippen molar-refractivity contribution in [3.05, 3.63) is 56.6 Å². The number of H-pyrrole nitrogens is 2. The number of rotatable bonds is 3. The molecule has 0 aliphatic heterocycles. The fourth-order valence-corrected chi connectivity index (χ4v) is 2.82. The molecule has 0 spiro atoms. The molecule has 0 bridgehead atoms. The predicted molar refractivity (Wildman–Crippen MR) is 85.6 cm³/mol. The molecular weight excluding hydrogens is 286 g/mol. The van der Waals surface area contributed by atoms with Crippen molar-refractivity contribution in [2.45, 2.75) is 6.92 Å². The summed E-state index contributed by atoms with van der Waals surface area (Å²) in [5.41, 5.74) is 2.89. The first-order valence-electron chi connectivity index (χ1n) is 6.37. The van der Waals surface area contributed by atoms with E-state index < -0.39 is 0 Å². The maximum absolute atomic E-state index is 11.9. The van der Waals surface area contributed by atoms with Crippen molar-refractivity contribution in [2.24, 2.45) is 0 Å². The number of hydrogen-bond acceptors (Lipinski definition) is 3. The second-order valence-electron chi connectivity index (χ2n) is 4.63. The number of aromatic amines is 2. The molecule has 0 fully saturated rings. The van der Waals surface area contributed by atoms with Crippen molar-refractivity contribution in [3.63, 3.8) is 0 Å². The van der Waals surface area contributed by atoms with Gasteiger partial charge in [-0.1, -0.05) is 0 Å². The summed E-state index contributed by atoms with van der Waals surface area (Å²) < 4.78 is 0. The number of aryl methyl sites for hydroxylation is 1. The van der Waals surface area contributed by atoms with Crippen LogP contribution in [0, 0.1) is 6.92 Å². The average Bonchev–Trinajstić information content (AvgIpc) is 3.00. The molecule has 0 saturated heterocycles. The zero-order chi connectivity index (χ0) is 14.8. The topological polar surface area (TPSA) is 77.8 Å². The lowest BCUT2D eigenvalue weighted by Gasteiger charge is -2.01. The summed E-state index contributed by atoms with van der Waals surface area (Å²) in [5.74, 6) is -0.208. The number of thiophene rings is 1. The lowest BCUT2D eigenvalue weighted by Crippen LogP contribution is -2.07. The van der Waals surface area contributed by atoms with E-state index in [2.05, 4.69) is 15.3 Å². The van der Waals surface area contributed by atoms with Crippen LogP contribution in [0.2, 0.25) is 0 Å². The minimum atomic E-state index is -0.262. The van der Waals surface area contributed by atoms with E-state index in [1.807, 2.05) is 18.4 Å². The van der Waals surface area contributed by atoms with E-state index in [0.29, 0.717) is 16.7 Å². The lowest BCUT2D eigenvalue weighted by atomic mass is 10.2. The molecule has 0 radical (unpaired) electrons. The normalized spacial score (nSPS) is 11.3. The van der Waals surface area contributed by atoms with Gasteiger partial charge in [-0.15, -0.1) is 11.3 Å². The fourth-order valence-electron chi connectivity index (χ4n) is 2.00. The van der Waals surface area contributed by atoms with Crippen LogP contribution >= 0.6 is 11.3 Å². The molecule has 3 N–H and O–H groups in total. The second kappa shape index (κ2) is 5.41. The zero-order valence-corrected chi connectivity index (χ0v) is 12.1. The van der Waals surface area contributed by atoms with Crippen LogP contribution in [0.5, 0.6) is 0 Å². The fraction of sp³-hybridized carbons (Fsp3) is 0.0667. The van der Waals surface area contributed by atoms with Crippen LogP contribution in [0.1, 0.15) is 10.4 Å². The summed E-state index contributed by atoms with van der Waals surface area (Å²) in [6, 6.07) is 7.22. The van der Waals surface area contributed by atoms with Gasteiger partial charge in [0.2, 0.25) is 5.91 Å². The molecule has 2 aromatic heterocycles. The number of hydrogen-bond donors (Lipinski definition) is 3. The number of anilines is 1. The number of carbonyl (C=O) groups excluding carboxylic acids is 1. The standard InChI is InChI=1S/C15H13N3O2S/c1-9-6-7-21-13(9)4-5-14(19)16-10-2-3-11-12(8-10)18-15(20)17-11/h2-8H,1H3,(H,16,19)(H2,17,18,20). The number of amides is 1. The molecule has 21 heavy (non-hydrogen) atoms. The van der Waals surface area contributed by atoms with Crippen LogP contribution in [0.15, 0.2) is 40.5 Å². The van der Waals surface area contributed by atoms with Gasteiger partial charge in [0, 0.05) is 16.6 Å². The molecule has 3 rings (SSSR count). The van der Waals surface area contributed by atoms with Crippen molar-refractivity contribution < 1.29 is 4.79 Å². The van der Waals surface area contributed by atoms with Crippen molar-refractivity contribution in [3.8, 4) is 0 Å². The molecule has 0 aliphatic carbocycles. The maximum Gasteiger partial charge on any atom is 0.323 e. The predicted octanol–water partition coefficient (Wildman–Crippen LogP) is 2.88. The molecule has 6 heteroatoms. The quantitative estimate of drug-likeness (QED) is 0.650. The molecule has 0 unspecified atom stereocenters. The highest BCUT2D eigenvalue weighted by atomic mass is 32.1. The van der Waals surface area contributed by atoms with E-state index in [1.54, 1.807) is 35.6 Å². The molecule has 3 aromatic rings. The van der Waals surface area contributed by atoms with Gasteiger partial charge in [-0.25, -0.2) is 4.79 Å². The molecule has 0 atom stereocenters. The van der Waals surface area contributed by atoms with Gasteiger partial charge in [-0.3, -0.25) is 4.79 Å². The Kier molecular flexibility index (Phi) is 3.45. The van der Waals surface area contributed by atoms with Crippen molar-refractivity contribution in [1.82, 2.24) is 9.97 Å². The SMILES string of the molecule is Cc1ccsc1C=CC(=O)Nc1ccc2[nH]c(=O)[nH]c2c1. The van der Waals surface area contributed by atoms with E-state index in [1.165, 1.54) is 6.08 Å². The first-order chi connectivity index (χ1) is 10.1. The van der Waals surface area contributed by atoms with Crippen molar-refractivity contribution in [2.75, 3.05) is 5.32 Å². The summed E-state index contributed by atoms with van der Waals surface area (Å²) in [6.07, 6.45) is 3.30. The molecule has 0 aliphatic rings. The minimum absolute atomic E-state index is 0.208. The average molecular weight is 299 g/mol. The lowest BCUT2D eigenvalue weighted by molar-refractivity contribution is -0.111. The maximum atomic E-state index is 11.9. The highest BCUT2D eigenvalue weighted by Crippen LogP contribution is 2.18. The smallest absolute Gasteiger partial charge is 0.322 e. The number of fused-ring (bicyclic) bond motifs is 1. The van der Waals surface area contributed by atoms with E-state index in [0.717, 1.165) is 10.4 Å². The zero-order valence-electron chi connectivity index (χ0n) is 11.3. The Balaban J connectivity index is 1.75. The Labute approximate surface area is 124 Å². The molecule has 106 valence electrons. The Morgan fingerprint density at radius 1 is 1.24 bits per heavy atom. The molecule has 2 heterocycles. The van der Waals surface area contributed by atoms with Crippen LogP contribution < -0.4 is 11.0 Å². The van der Waals surface area contributed by atoms with Crippen LogP contribution in [0.4, 0.5) is 5.69 Å². The van der Waals surface area contributed by atoms with Crippen molar-refractivity contribution in [1.29, 1.82) is 0 Å². The van der Waals surface area contributed by atoms with Gasteiger partial charge in [0.15, 0.2) is 0 Å². The van der Waals surface area contributed by atoms with Gasteiger partial charge in [-0.05, 0) is 48.2 Å². The molecule has 1 aromatic carbocycles. The summed E-state index contributed by atoms with van der Waals surface area (Å²) in [6.45, 7) is 2.00. The van der Waals surface area contributed by atoms with Crippen LogP contribution in [-0.4, -0.2) is 15.9 Å². The minimum Gasteiger partial charge on any atom is -0.322 e. The second-order valence-corrected chi connectivity index (χ2v) is 5.58. The third-order valence-electron chi connectivity index (χ3n) is 3.07. The Bertz CT molecular complexity index is 886. The van der Waals surface area contributed by atoms with Crippen LogP contribution in [0.3, 0.4) is 0 Å². The van der Waals surface area contributed by atoms with Gasteiger partial charge < -0.3 is 15.3 Å². The first kappa shape index (κ1) is 13.4. The van der Waals surface area contributed by atoms with Gasteiger partial charge >= 0.3 is 5.69 Å². The molecular formula is C15H13N3O2S. The first-order valence-corrected chi connectivity index (χ1v) is 7.25. The Morgan fingerprint density at radius 3 is 2.81 bits per heavy atom. The van der Waals surface area contributed by atoms with E-state index in [9.17, 15) is 9.59 Å². The van der Waals surface area contributed by atoms with Gasteiger partial charge in [0.1, 0.15) is 0 Å². The highest BCUT2D eigenvalue weighted by Gasteiger charge is 2.02. The van der Waals surface area contributed by atoms with E-state index in [-0.39, 0.29) is 11.6 Å². The largest absolute Gasteiger partial charge is 0.323 e.